The van der Waals surface area contributed by atoms with Gasteiger partial charge in [0.15, 0.2) is 5.78 Å². The maximum atomic E-state index is 13.4. The molecule has 0 bridgehead atoms. The summed E-state index contributed by atoms with van der Waals surface area (Å²) in [6.07, 6.45) is 3.56. The van der Waals surface area contributed by atoms with Crippen molar-refractivity contribution in [3.05, 3.63) is 72.8 Å². The highest BCUT2D eigenvalue weighted by Gasteiger charge is 2.25. The lowest BCUT2D eigenvalue weighted by Gasteiger charge is -2.17. The summed E-state index contributed by atoms with van der Waals surface area (Å²) in [7, 11) is -2.72. The molecule has 0 saturated heterocycles. The Kier molecular flexibility index (Phi) is 4.70. The first-order valence-corrected chi connectivity index (χ1v) is 8.39. The second-order valence-corrected chi connectivity index (χ2v) is 7.48. The summed E-state index contributed by atoms with van der Waals surface area (Å²) in [5.41, 5.74) is 0. The predicted octanol–water partition coefficient (Wildman–Crippen LogP) is 3.15. The highest BCUT2D eigenvalue weighted by molar-refractivity contribution is 7.78. The largest absolute Gasteiger partial charge is 0.313 e. The molecule has 0 aliphatic heterocycles. The smallest absolute Gasteiger partial charge is 0.152 e. The summed E-state index contributed by atoms with van der Waals surface area (Å²) in [6.45, 7) is 1.49. The van der Waals surface area contributed by atoms with E-state index in [9.17, 15) is 9.36 Å². The van der Waals surface area contributed by atoms with Crippen molar-refractivity contribution < 1.29 is 9.36 Å². The normalized spacial score (nSPS) is 11.7. The predicted molar refractivity (Wildman–Crippen MR) is 84.4 cm³/mol. The molecule has 0 N–H and O–H groups in total. The van der Waals surface area contributed by atoms with Crippen molar-refractivity contribution >= 4 is 23.5 Å². The Hall–Kier alpha value is -1.92. The minimum atomic E-state index is -2.72. The molecule has 102 valence electrons. The zero-order valence-corrected chi connectivity index (χ0v) is 12.3. The zero-order chi connectivity index (χ0) is 14.4. The third-order valence-corrected chi connectivity index (χ3v) is 6.05. The van der Waals surface area contributed by atoms with Crippen molar-refractivity contribution in [3.8, 4) is 0 Å². The number of ketones is 1. The van der Waals surface area contributed by atoms with Crippen LogP contribution in [0.5, 0.6) is 0 Å². The summed E-state index contributed by atoms with van der Waals surface area (Å²) in [5.74, 6) is -0.0299. The number of hydrogen-bond donors (Lipinski definition) is 0. The lowest BCUT2D eigenvalue weighted by atomic mass is 10.4. The van der Waals surface area contributed by atoms with Crippen LogP contribution in [-0.4, -0.2) is 11.9 Å². The molecule has 0 aliphatic rings. The van der Waals surface area contributed by atoms with Gasteiger partial charge in [0.05, 0.1) is 0 Å². The third kappa shape index (κ3) is 3.34. The van der Waals surface area contributed by atoms with E-state index in [1.165, 1.54) is 13.0 Å². The Balaban J connectivity index is 2.44. The van der Waals surface area contributed by atoms with Crippen LogP contribution in [0, 0.1) is 0 Å². The zero-order valence-electron chi connectivity index (χ0n) is 11.4. The molecule has 0 spiro atoms. The van der Waals surface area contributed by atoms with Crippen molar-refractivity contribution in [1.29, 1.82) is 0 Å². The number of rotatable bonds is 5. The molecule has 2 rings (SSSR count). The number of benzene rings is 2. The van der Waals surface area contributed by atoms with Gasteiger partial charge >= 0.3 is 0 Å². The van der Waals surface area contributed by atoms with Gasteiger partial charge in [0, 0.05) is 16.8 Å². The van der Waals surface area contributed by atoms with Crippen LogP contribution in [0.1, 0.15) is 6.92 Å². The van der Waals surface area contributed by atoms with Crippen molar-refractivity contribution in [2.24, 2.45) is 0 Å². The molecule has 0 aromatic heterocycles. The first-order valence-electron chi connectivity index (χ1n) is 6.50. The standard InChI is InChI=1S/C17H17O2P/c1-15(18)9-8-14-20(19,16-10-4-2-5-11-16)17-12-6-3-7-13-17/h2-13H,14H2,1H3/b9-8+. The van der Waals surface area contributed by atoms with Crippen LogP contribution in [0.3, 0.4) is 0 Å². The average molecular weight is 284 g/mol. The van der Waals surface area contributed by atoms with E-state index < -0.39 is 7.14 Å². The van der Waals surface area contributed by atoms with E-state index in [-0.39, 0.29) is 5.78 Å². The molecular weight excluding hydrogens is 267 g/mol. The fraction of sp³-hybridized carbons (Fsp3) is 0.118. The monoisotopic (exact) mass is 284 g/mol. The number of carbonyl (C=O) groups is 1. The molecule has 2 aromatic rings. The lowest BCUT2D eigenvalue weighted by molar-refractivity contribution is -0.112. The summed E-state index contributed by atoms with van der Waals surface area (Å²) in [6, 6.07) is 18.9. The van der Waals surface area contributed by atoms with Crippen molar-refractivity contribution in [2.75, 3.05) is 6.16 Å². The lowest BCUT2D eigenvalue weighted by Crippen LogP contribution is -2.17. The van der Waals surface area contributed by atoms with Gasteiger partial charge in [0.1, 0.15) is 7.14 Å². The van der Waals surface area contributed by atoms with Gasteiger partial charge < -0.3 is 4.57 Å². The molecule has 0 fully saturated rings. The molecular formula is C17H17O2P. The van der Waals surface area contributed by atoms with Crippen LogP contribution in [-0.2, 0) is 9.36 Å². The van der Waals surface area contributed by atoms with Crippen LogP contribution in [0.2, 0.25) is 0 Å². The van der Waals surface area contributed by atoms with Crippen LogP contribution in [0.4, 0.5) is 0 Å². The molecule has 2 nitrogen and oxygen atoms in total. The number of carbonyl (C=O) groups excluding carboxylic acids is 1. The molecule has 0 aliphatic carbocycles. The molecule has 3 heteroatoms. The van der Waals surface area contributed by atoms with E-state index >= 15 is 0 Å². The fourth-order valence-corrected chi connectivity index (χ4v) is 4.49. The molecule has 0 atom stereocenters. The fourth-order valence-electron chi connectivity index (χ4n) is 2.06. The van der Waals surface area contributed by atoms with Gasteiger partial charge in [-0.05, 0) is 13.0 Å². The quantitative estimate of drug-likeness (QED) is 0.624. The van der Waals surface area contributed by atoms with Crippen LogP contribution in [0.25, 0.3) is 0 Å². The van der Waals surface area contributed by atoms with Gasteiger partial charge in [0.25, 0.3) is 0 Å². The van der Waals surface area contributed by atoms with Gasteiger partial charge in [-0.15, -0.1) is 0 Å². The third-order valence-electron chi connectivity index (χ3n) is 3.06. The molecule has 20 heavy (non-hydrogen) atoms. The van der Waals surface area contributed by atoms with E-state index in [0.29, 0.717) is 6.16 Å². The first-order chi connectivity index (χ1) is 9.63. The Bertz CT molecular complexity index is 602. The van der Waals surface area contributed by atoms with Gasteiger partial charge in [0.2, 0.25) is 0 Å². The molecule has 0 heterocycles. The molecule has 0 amide bonds. The highest BCUT2D eigenvalue weighted by Crippen LogP contribution is 2.43. The average Bonchev–Trinajstić information content (AvgIpc) is 2.48. The number of hydrogen-bond acceptors (Lipinski definition) is 2. The van der Waals surface area contributed by atoms with Gasteiger partial charge in [-0.3, -0.25) is 4.79 Å². The Morgan fingerprint density at radius 1 is 0.950 bits per heavy atom. The van der Waals surface area contributed by atoms with Crippen molar-refractivity contribution in [3.63, 3.8) is 0 Å². The van der Waals surface area contributed by atoms with Crippen molar-refractivity contribution in [2.45, 2.75) is 6.92 Å². The second kappa shape index (κ2) is 6.49. The Morgan fingerprint density at radius 2 is 1.40 bits per heavy atom. The molecule has 2 aromatic carbocycles. The second-order valence-electron chi connectivity index (χ2n) is 4.61. The van der Waals surface area contributed by atoms with E-state index in [1.54, 1.807) is 6.08 Å². The van der Waals surface area contributed by atoms with E-state index in [1.807, 2.05) is 60.7 Å². The maximum Gasteiger partial charge on any atom is 0.152 e. The van der Waals surface area contributed by atoms with Crippen LogP contribution in [0.15, 0.2) is 72.8 Å². The minimum Gasteiger partial charge on any atom is -0.313 e. The molecule has 0 radical (unpaired) electrons. The van der Waals surface area contributed by atoms with Gasteiger partial charge in [-0.2, -0.15) is 0 Å². The van der Waals surface area contributed by atoms with Crippen molar-refractivity contribution in [1.82, 2.24) is 0 Å². The topological polar surface area (TPSA) is 34.1 Å². The van der Waals surface area contributed by atoms with E-state index in [4.69, 9.17) is 0 Å². The minimum absolute atomic E-state index is 0.0299. The first kappa shape index (κ1) is 14.5. The Labute approximate surface area is 119 Å². The molecule has 0 saturated carbocycles. The van der Waals surface area contributed by atoms with Crippen LogP contribution >= 0.6 is 7.14 Å². The van der Waals surface area contributed by atoms with E-state index in [0.717, 1.165) is 10.6 Å². The SMILES string of the molecule is CC(=O)/C=C/CP(=O)(c1ccccc1)c1ccccc1. The van der Waals surface area contributed by atoms with E-state index in [2.05, 4.69) is 0 Å². The number of allylic oxidation sites excluding steroid dienone is 2. The van der Waals surface area contributed by atoms with Crippen LogP contribution < -0.4 is 10.6 Å². The molecule has 0 unspecified atom stereocenters. The summed E-state index contributed by atoms with van der Waals surface area (Å²) in [4.78, 5) is 11.0. The summed E-state index contributed by atoms with van der Waals surface area (Å²) in [5, 5.41) is 1.64. The highest BCUT2D eigenvalue weighted by atomic mass is 31.2. The van der Waals surface area contributed by atoms with Gasteiger partial charge in [-0.1, -0.05) is 66.7 Å². The Morgan fingerprint density at radius 3 is 1.80 bits per heavy atom. The summed E-state index contributed by atoms with van der Waals surface area (Å²) < 4.78 is 13.4. The maximum absolute atomic E-state index is 13.4. The van der Waals surface area contributed by atoms with Gasteiger partial charge in [-0.25, -0.2) is 0 Å². The summed E-state index contributed by atoms with van der Waals surface area (Å²) >= 11 is 0.